The SMILES string of the molecule is Cc1sc2nc(Cl)nc(N3CCN(c4ccccc4)CC3)c2c1-c1ccc(C(C)C)cc1. The van der Waals surface area contributed by atoms with Gasteiger partial charge < -0.3 is 9.80 Å². The maximum Gasteiger partial charge on any atom is 0.225 e. The molecule has 2 aromatic heterocycles. The minimum Gasteiger partial charge on any atom is -0.368 e. The van der Waals surface area contributed by atoms with E-state index in [1.807, 2.05) is 0 Å². The summed E-state index contributed by atoms with van der Waals surface area (Å²) in [6, 6.07) is 19.5. The Kier molecular flexibility index (Phi) is 5.78. The van der Waals surface area contributed by atoms with Crippen molar-refractivity contribution in [2.45, 2.75) is 26.7 Å². The van der Waals surface area contributed by atoms with Crippen molar-refractivity contribution in [1.82, 2.24) is 9.97 Å². The van der Waals surface area contributed by atoms with Gasteiger partial charge in [-0.3, -0.25) is 0 Å². The highest BCUT2D eigenvalue weighted by atomic mass is 35.5. The lowest BCUT2D eigenvalue weighted by Gasteiger charge is -2.37. The lowest BCUT2D eigenvalue weighted by molar-refractivity contribution is 0.649. The molecule has 1 aliphatic rings. The largest absolute Gasteiger partial charge is 0.368 e. The van der Waals surface area contributed by atoms with Gasteiger partial charge in [-0.1, -0.05) is 56.3 Å². The van der Waals surface area contributed by atoms with E-state index in [2.05, 4.69) is 90.2 Å². The second-order valence-corrected chi connectivity index (χ2v) is 10.2. The van der Waals surface area contributed by atoms with Gasteiger partial charge in [-0.05, 0) is 47.7 Å². The predicted molar refractivity (Wildman–Crippen MR) is 138 cm³/mol. The molecule has 1 saturated heterocycles. The number of piperazine rings is 1. The highest BCUT2D eigenvalue weighted by Gasteiger charge is 2.25. The van der Waals surface area contributed by atoms with Crippen LogP contribution in [0, 0.1) is 6.92 Å². The number of halogens is 1. The first-order chi connectivity index (χ1) is 15.5. The maximum atomic E-state index is 6.38. The molecule has 1 fully saturated rings. The van der Waals surface area contributed by atoms with Crippen LogP contribution in [0.3, 0.4) is 0 Å². The van der Waals surface area contributed by atoms with E-state index in [0.29, 0.717) is 11.2 Å². The number of para-hydroxylation sites is 1. The standard InChI is InChI=1S/C26H27ClN4S/c1-17(2)19-9-11-20(12-10-19)22-18(3)32-25-23(22)24(28-26(27)29-25)31-15-13-30(14-16-31)21-7-5-4-6-8-21/h4-12,17H,13-16H2,1-3H3. The molecule has 32 heavy (non-hydrogen) atoms. The van der Waals surface area contributed by atoms with Crippen molar-refractivity contribution in [3.63, 3.8) is 0 Å². The van der Waals surface area contributed by atoms with E-state index in [0.717, 1.165) is 42.2 Å². The molecule has 0 aliphatic carbocycles. The predicted octanol–water partition coefficient (Wildman–Crippen LogP) is 6.77. The number of hydrogen-bond acceptors (Lipinski definition) is 5. The molecule has 4 aromatic rings. The summed E-state index contributed by atoms with van der Waals surface area (Å²) in [5.74, 6) is 1.47. The van der Waals surface area contributed by atoms with Gasteiger partial charge in [0.05, 0.1) is 5.39 Å². The molecule has 164 valence electrons. The Balaban J connectivity index is 1.52. The van der Waals surface area contributed by atoms with Crippen LogP contribution in [0.4, 0.5) is 11.5 Å². The molecule has 2 aromatic carbocycles. The molecule has 0 amide bonds. The second kappa shape index (κ2) is 8.72. The van der Waals surface area contributed by atoms with Crippen LogP contribution in [0.2, 0.25) is 5.28 Å². The first-order valence-corrected chi connectivity index (χ1v) is 12.3. The number of aryl methyl sites for hydroxylation is 1. The summed E-state index contributed by atoms with van der Waals surface area (Å²) >= 11 is 8.08. The van der Waals surface area contributed by atoms with Crippen molar-refractivity contribution in [3.8, 4) is 11.1 Å². The molecule has 3 heterocycles. The van der Waals surface area contributed by atoms with E-state index in [4.69, 9.17) is 16.6 Å². The van der Waals surface area contributed by atoms with Crippen LogP contribution < -0.4 is 9.80 Å². The van der Waals surface area contributed by atoms with Crippen molar-refractivity contribution in [3.05, 3.63) is 70.3 Å². The van der Waals surface area contributed by atoms with E-state index in [1.165, 1.54) is 27.3 Å². The Labute approximate surface area is 198 Å². The minimum absolute atomic E-state index is 0.320. The van der Waals surface area contributed by atoms with Gasteiger partial charge in [-0.15, -0.1) is 11.3 Å². The number of fused-ring (bicyclic) bond motifs is 1. The molecule has 0 radical (unpaired) electrons. The summed E-state index contributed by atoms with van der Waals surface area (Å²) in [4.78, 5) is 16.3. The fourth-order valence-electron chi connectivity index (χ4n) is 4.49. The third-order valence-corrected chi connectivity index (χ3v) is 7.42. The summed E-state index contributed by atoms with van der Waals surface area (Å²) < 4.78 is 0. The van der Waals surface area contributed by atoms with E-state index < -0.39 is 0 Å². The van der Waals surface area contributed by atoms with E-state index >= 15 is 0 Å². The average molecular weight is 463 g/mol. The Morgan fingerprint density at radius 3 is 2.19 bits per heavy atom. The van der Waals surface area contributed by atoms with Crippen LogP contribution in [0.25, 0.3) is 21.3 Å². The molecule has 0 saturated carbocycles. The maximum absolute atomic E-state index is 6.38. The molecular formula is C26H27ClN4S. The van der Waals surface area contributed by atoms with Crippen LogP contribution in [0.15, 0.2) is 54.6 Å². The first-order valence-electron chi connectivity index (χ1n) is 11.1. The third kappa shape index (κ3) is 3.96. The minimum atomic E-state index is 0.320. The quantitative estimate of drug-likeness (QED) is 0.313. The third-order valence-electron chi connectivity index (χ3n) is 6.25. The van der Waals surface area contributed by atoms with Gasteiger partial charge in [0.2, 0.25) is 5.28 Å². The number of nitrogens with zero attached hydrogens (tertiary/aromatic N) is 4. The van der Waals surface area contributed by atoms with Crippen molar-refractivity contribution in [2.24, 2.45) is 0 Å². The molecule has 0 N–H and O–H groups in total. The fraction of sp³-hybridized carbons (Fsp3) is 0.308. The van der Waals surface area contributed by atoms with Gasteiger partial charge >= 0.3 is 0 Å². The van der Waals surface area contributed by atoms with Gasteiger partial charge in [0.1, 0.15) is 10.6 Å². The summed E-state index contributed by atoms with van der Waals surface area (Å²) in [6.45, 7) is 10.3. The molecule has 4 nitrogen and oxygen atoms in total. The highest BCUT2D eigenvalue weighted by molar-refractivity contribution is 7.19. The summed E-state index contributed by atoms with van der Waals surface area (Å²) in [7, 11) is 0. The van der Waals surface area contributed by atoms with Gasteiger partial charge in [0.25, 0.3) is 0 Å². The van der Waals surface area contributed by atoms with E-state index in [1.54, 1.807) is 11.3 Å². The molecule has 6 heteroatoms. The molecule has 0 unspecified atom stereocenters. The lowest BCUT2D eigenvalue weighted by atomic mass is 9.97. The number of rotatable bonds is 4. The van der Waals surface area contributed by atoms with Gasteiger partial charge in [-0.2, -0.15) is 4.98 Å². The van der Waals surface area contributed by atoms with Crippen LogP contribution in [-0.2, 0) is 0 Å². The van der Waals surface area contributed by atoms with Crippen molar-refractivity contribution >= 4 is 44.7 Å². The van der Waals surface area contributed by atoms with Crippen LogP contribution >= 0.6 is 22.9 Å². The van der Waals surface area contributed by atoms with Gasteiger partial charge in [-0.25, -0.2) is 4.98 Å². The molecule has 0 atom stereocenters. The van der Waals surface area contributed by atoms with Crippen molar-refractivity contribution in [2.75, 3.05) is 36.0 Å². The number of thiophene rings is 1. The molecular weight excluding hydrogens is 436 g/mol. The fourth-order valence-corrected chi connectivity index (χ4v) is 5.75. The molecule has 0 spiro atoms. The normalized spacial score (nSPS) is 14.5. The molecule has 0 bridgehead atoms. The van der Waals surface area contributed by atoms with Crippen molar-refractivity contribution in [1.29, 1.82) is 0 Å². The average Bonchev–Trinajstić information content (AvgIpc) is 3.14. The van der Waals surface area contributed by atoms with E-state index in [-0.39, 0.29) is 0 Å². The zero-order valence-corrected chi connectivity index (χ0v) is 20.2. The van der Waals surface area contributed by atoms with E-state index in [9.17, 15) is 0 Å². The number of aromatic nitrogens is 2. The van der Waals surface area contributed by atoms with Gasteiger partial charge in [0, 0.05) is 42.3 Å². The first kappa shape index (κ1) is 21.2. The zero-order chi connectivity index (χ0) is 22.2. The Hall–Kier alpha value is -2.63. The summed E-state index contributed by atoms with van der Waals surface area (Å²) in [6.07, 6.45) is 0. The van der Waals surface area contributed by atoms with Crippen LogP contribution in [0.1, 0.15) is 30.2 Å². The monoisotopic (exact) mass is 462 g/mol. The van der Waals surface area contributed by atoms with Crippen LogP contribution in [-0.4, -0.2) is 36.1 Å². The summed E-state index contributed by atoms with van der Waals surface area (Å²) in [5, 5.41) is 1.45. The lowest BCUT2D eigenvalue weighted by Crippen LogP contribution is -2.47. The smallest absolute Gasteiger partial charge is 0.225 e. The Morgan fingerprint density at radius 1 is 0.875 bits per heavy atom. The molecule has 1 aliphatic heterocycles. The highest BCUT2D eigenvalue weighted by Crippen LogP contribution is 2.42. The second-order valence-electron chi connectivity index (χ2n) is 8.62. The number of anilines is 2. The van der Waals surface area contributed by atoms with Crippen molar-refractivity contribution < 1.29 is 0 Å². The Morgan fingerprint density at radius 2 is 1.53 bits per heavy atom. The number of hydrogen-bond donors (Lipinski definition) is 0. The number of benzene rings is 2. The van der Waals surface area contributed by atoms with Gasteiger partial charge in [0.15, 0.2) is 0 Å². The van der Waals surface area contributed by atoms with Crippen LogP contribution in [0.5, 0.6) is 0 Å². The summed E-state index contributed by atoms with van der Waals surface area (Å²) in [5.41, 5.74) is 5.07. The Bertz CT molecular complexity index is 1230. The topological polar surface area (TPSA) is 32.3 Å². The molecule has 5 rings (SSSR count). The zero-order valence-electron chi connectivity index (χ0n) is 18.7.